The molecule has 0 fully saturated rings. The van der Waals surface area contributed by atoms with Gasteiger partial charge in [0.1, 0.15) is 0 Å². The minimum atomic E-state index is 0.447. The van der Waals surface area contributed by atoms with Gasteiger partial charge in [-0.1, -0.05) is 36.2 Å². The Labute approximate surface area is 115 Å². The summed E-state index contributed by atoms with van der Waals surface area (Å²) >= 11 is 12.1. The molecule has 96 valence electrons. The average Bonchev–Trinajstić information content (AvgIpc) is 2.81. The van der Waals surface area contributed by atoms with Crippen molar-refractivity contribution in [2.45, 2.75) is 19.9 Å². The molecule has 1 aromatic heterocycles. The van der Waals surface area contributed by atoms with Gasteiger partial charge in [-0.2, -0.15) is 4.68 Å². The van der Waals surface area contributed by atoms with Gasteiger partial charge >= 0.3 is 0 Å². The first-order valence-electron chi connectivity index (χ1n) is 5.66. The zero-order valence-electron chi connectivity index (χ0n) is 9.90. The number of nitrogens with zero attached hydrogens (tertiary/aromatic N) is 4. The highest BCUT2D eigenvalue weighted by molar-refractivity contribution is 6.43. The number of hydrogen-bond donors (Lipinski definition) is 1. The molecule has 7 heteroatoms. The zero-order valence-corrected chi connectivity index (χ0v) is 11.4. The molecule has 0 spiro atoms. The van der Waals surface area contributed by atoms with E-state index in [4.69, 9.17) is 23.2 Å². The SMILES string of the molecule is CCCNCc1nnnn1-c1cccc(Cl)c1Cl. The molecule has 0 saturated carbocycles. The first kappa shape index (κ1) is 13.3. The fourth-order valence-corrected chi connectivity index (χ4v) is 1.91. The Balaban J connectivity index is 2.28. The lowest BCUT2D eigenvalue weighted by Gasteiger charge is -2.07. The van der Waals surface area contributed by atoms with Crippen LogP contribution in [0.3, 0.4) is 0 Å². The number of tetrazole rings is 1. The quantitative estimate of drug-likeness (QED) is 0.858. The predicted molar refractivity (Wildman–Crippen MR) is 71.2 cm³/mol. The molecule has 0 radical (unpaired) electrons. The molecule has 0 bridgehead atoms. The third-order valence-electron chi connectivity index (χ3n) is 2.40. The van der Waals surface area contributed by atoms with E-state index in [0.29, 0.717) is 28.1 Å². The smallest absolute Gasteiger partial charge is 0.170 e. The van der Waals surface area contributed by atoms with E-state index >= 15 is 0 Å². The number of rotatable bonds is 5. The third kappa shape index (κ3) is 2.80. The number of benzene rings is 1. The van der Waals surface area contributed by atoms with E-state index in [2.05, 4.69) is 27.8 Å². The van der Waals surface area contributed by atoms with Crippen molar-refractivity contribution in [2.75, 3.05) is 6.54 Å². The molecule has 2 aromatic rings. The monoisotopic (exact) mass is 285 g/mol. The number of hydrogen-bond acceptors (Lipinski definition) is 4. The van der Waals surface area contributed by atoms with Gasteiger partial charge in [0.2, 0.25) is 0 Å². The van der Waals surface area contributed by atoms with E-state index in [1.165, 1.54) is 0 Å². The van der Waals surface area contributed by atoms with Gasteiger partial charge in [0.15, 0.2) is 5.82 Å². The van der Waals surface area contributed by atoms with E-state index in [1.54, 1.807) is 10.7 Å². The van der Waals surface area contributed by atoms with Crippen LogP contribution in [-0.4, -0.2) is 26.8 Å². The maximum atomic E-state index is 6.15. The van der Waals surface area contributed by atoms with Gasteiger partial charge in [0, 0.05) is 0 Å². The van der Waals surface area contributed by atoms with Crippen LogP contribution in [0.5, 0.6) is 0 Å². The van der Waals surface area contributed by atoms with E-state index in [1.807, 2.05) is 12.1 Å². The third-order valence-corrected chi connectivity index (χ3v) is 3.21. The van der Waals surface area contributed by atoms with Crippen LogP contribution in [0.15, 0.2) is 18.2 Å². The van der Waals surface area contributed by atoms with Crippen molar-refractivity contribution in [3.8, 4) is 5.69 Å². The molecular formula is C11H13Cl2N5. The lowest BCUT2D eigenvalue weighted by Crippen LogP contribution is -2.17. The van der Waals surface area contributed by atoms with Crippen molar-refractivity contribution < 1.29 is 0 Å². The topological polar surface area (TPSA) is 55.6 Å². The first-order chi connectivity index (χ1) is 8.74. The highest BCUT2D eigenvalue weighted by Crippen LogP contribution is 2.28. The molecule has 2 rings (SSSR count). The molecule has 0 aliphatic heterocycles. The van der Waals surface area contributed by atoms with E-state index in [-0.39, 0.29) is 0 Å². The van der Waals surface area contributed by atoms with Crippen molar-refractivity contribution in [3.05, 3.63) is 34.1 Å². The molecule has 0 amide bonds. The van der Waals surface area contributed by atoms with E-state index in [9.17, 15) is 0 Å². The van der Waals surface area contributed by atoms with Crippen LogP contribution in [0.25, 0.3) is 5.69 Å². The highest BCUT2D eigenvalue weighted by Gasteiger charge is 2.12. The maximum Gasteiger partial charge on any atom is 0.170 e. The minimum absolute atomic E-state index is 0.447. The van der Waals surface area contributed by atoms with Crippen LogP contribution in [0.1, 0.15) is 19.2 Å². The average molecular weight is 286 g/mol. The van der Waals surface area contributed by atoms with Crippen molar-refractivity contribution in [3.63, 3.8) is 0 Å². The maximum absolute atomic E-state index is 6.15. The Morgan fingerprint density at radius 1 is 1.33 bits per heavy atom. The fraction of sp³-hybridized carbons (Fsp3) is 0.364. The van der Waals surface area contributed by atoms with Crippen LogP contribution in [0.2, 0.25) is 10.0 Å². The summed E-state index contributed by atoms with van der Waals surface area (Å²) in [5.74, 6) is 0.701. The molecule has 0 atom stereocenters. The molecule has 0 saturated heterocycles. The molecule has 0 aliphatic carbocycles. The zero-order chi connectivity index (χ0) is 13.0. The summed E-state index contributed by atoms with van der Waals surface area (Å²) in [5.41, 5.74) is 0.683. The number of halogens is 2. The molecule has 1 aromatic carbocycles. The predicted octanol–water partition coefficient (Wildman–Crippen LogP) is 2.47. The second-order valence-electron chi connectivity index (χ2n) is 3.76. The van der Waals surface area contributed by atoms with Crippen LogP contribution in [0.4, 0.5) is 0 Å². The van der Waals surface area contributed by atoms with Crippen molar-refractivity contribution >= 4 is 23.2 Å². The Morgan fingerprint density at radius 3 is 2.94 bits per heavy atom. The van der Waals surface area contributed by atoms with Crippen LogP contribution >= 0.6 is 23.2 Å². The first-order valence-corrected chi connectivity index (χ1v) is 6.42. The molecule has 18 heavy (non-hydrogen) atoms. The molecule has 1 heterocycles. The Bertz CT molecular complexity index is 526. The Morgan fingerprint density at radius 2 is 2.17 bits per heavy atom. The van der Waals surface area contributed by atoms with Crippen LogP contribution in [0, 0.1) is 0 Å². The van der Waals surface area contributed by atoms with Gasteiger partial charge in [-0.05, 0) is 35.5 Å². The summed E-state index contributed by atoms with van der Waals surface area (Å²) in [7, 11) is 0. The summed E-state index contributed by atoms with van der Waals surface area (Å²) in [6, 6.07) is 5.37. The lowest BCUT2D eigenvalue weighted by molar-refractivity contribution is 0.633. The Kier molecular flexibility index (Phi) is 4.52. The van der Waals surface area contributed by atoms with Gasteiger partial charge in [-0.15, -0.1) is 5.10 Å². The van der Waals surface area contributed by atoms with Gasteiger partial charge < -0.3 is 5.32 Å². The summed E-state index contributed by atoms with van der Waals surface area (Å²) in [5, 5.41) is 15.8. The summed E-state index contributed by atoms with van der Waals surface area (Å²) in [6.45, 7) is 3.60. The van der Waals surface area contributed by atoms with Gasteiger partial charge in [-0.25, -0.2) is 0 Å². The molecule has 1 N–H and O–H groups in total. The molecular weight excluding hydrogens is 273 g/mol. The van der Waals surface area contributed by atoms with Gasteiger partial charge in [0.25, 0.3) is 0 Å². The Hall–Kier alpha value is -1.17. The number of aromatic nitrogens is 4. The van der Waals surface area contributed by atoms with Crippen molar-refractivity contribution in [1.82, 2.24) is 25.5 Å². The lowest BCUT2D eigenvalue weighted by atomic mass is 10.3. The van der Waals surface area contributed by atoms with E-state index < -0.39 is 0 Å². The second kappa shape index (κ2) is 6.13. The summed E-state index contributed by atoms with van der Waals surface area (Å²) in [6.07, 6.45) is 1.06. The van der Waals surface area contributed by atoms with Crippen LogP contribution in [-0.2, 0) is 6.54 Å². The van der Waals surface area contributed by atoms with Crippen molar-refractivity contribution in [2.24, 2.45) is 0 Å². The molecule has 5 nitrogen and oxygen atoms in total. The minimum Gasteiger partial charge on any atom is -0.310 e. The normalized spacial score (nSPS) is 10.8. The summed E-state index contributed by atoms with van der Waals surface area (Å²) < 4.78 is 1.59. The van der Waals surface area contributed by atoms with Gasteiger partial charge in [0.05, 0.1) is 22.3 Å². The van der Waals surface area contributed by atoms with Crippen molar-refractivity contribution in [1.29, 1.82) is 0 Å². The molecule has 0 unspecified atom stereocenters. The standard InChI is InChI=1S/C11H13Cl2N5/c1-2-6-14-7-10-15-16-17-18(10)9-5-3-4-8(12)11(9)13/h3-5,14H,2,6-7H2,1H3. The highest BCUT2D eigenvalue weighted by atomic mass is 35.5. The van der Waals surface area contributed by atoms with E-state index in [0.717, 1.165) is 13.0 Å². The summed E-state index contributed by atoms with van der Waals surface area (Å²) in [4.78, 5) is 0. The molecule has 0 aliphatic rings. The van der Waals surface area contributed by atoms with Gasteiger partial charge in [-0.3, -0.25) is 0 Å². The largest absolute Gasteiger partial charge is 0.310 e. The fourth-order valence-electron chi connectivity index (χ4n) is 1.54. The van der Waals surface area contributed by atoms with Crippen LogP contribution < -0.4 is 5.32 Å². The second-order valence-corrected chi connectivity index (χ2v) is 4.54. The number of nitrogens with one attached hydrogen (secondary N) is 1.